The van der Waals surface area contributed by atoms with Gasteiger partial charge in [-0.3, -0.25) is 16.0 Å². The van der Waals surface area contributed by atoms with Gasteiger partial charge < -0.3 is 0 Å². The molecular formula is C15H21BrN4S. The van der Waals surface area contributed by atoms with Crippen molar-refractivity contribution in [3.05, 3.63) is 45.7 Å². The van der Waals surface area contributed by atoms with Crippen LogP contribution in [0.25, 0.3) is 0 Å². The van der Waals surface area contributed by atoms with Crippen LogP contribution in [0.15, 0.2) is 33.6 Å². The molecule has 0 bridgehead atoms. The maximum absolute atomic E-state index is 5.72. The normalized spacial score (nSPS) is 12.6. The fraction of sp³-hybridized carbons (Fsp3) is 0.400. The number of nitrogens with one attached hydrogen (secondary N) is 1. The van der Waals surface area contributed by atoms with Crippen LogP contribution in [0.1, 0.15) is 17.0 Å². The van der Waals surface area contributed by atoms with Gasteiger partial charge in [-0.1, -0.05) is 18.2 Å². The number of benzene rings is 1. The Bertz CT molecular complexity index is 612. The van der Waals surface area contributed by atoms with Gasteiger partial charge in [0.05, 0.1) is 15.9 Å². The predicted octanol–water partition coefficient (Wildman–Crippen LogP) is 2.97. The van der Waals surface area contributed by atoms with E-state index in [0.717, 1.165) is 22.3 Å². The minimum Gasteiger partial charge on any atom is -0.271 e. The van der Waals surface area contributed by atoms with E-state index in [-0.39, 0.29) is 6.04 Å². The highest BCUT2D eigenvalue weighted by Crippen LogP contribution is 2.25. The van der Waals surface area contributed by atoms with Crippen LogP contribution in [0, 0.1) is 13.8 Å². The zero-order chi connectivity index (χ0) is 15.4. The van der Waals surface area contributed by atoms with Gasteiger partial charge in [0, 0.05) is 30.2 Å². The molecule has 2 aromatic rings. The predicted molar refractivity (Wildman–Crippen MR) is 92.4 cm³/mol. The third-order valence-electron chi connectivity index (χ3n) is 3.47. The van der Waals surface area contributed by atoms with E-state index in [2.05, 4.69) is 57.6 Å². The van der Waals surface area contributed by atoms with Crippen LogP contribution in [0.2, 0.25) is 0 Å². The smallest absolute Gasteiger partial charge is 0.0738 e. The first-order valence-electron chi connectivity index (χ1n) is 6.85. The van der Waals surface area contributed by atoms with E-state index in [1.54, 1.807) is 0 Å². The van der Waals surface area contributed by atoms with Crippen molar-refractivity contribution >= 4 is 27.7 Å². The minimum atomic E-state index is 0.195. The molecule has 2 rings (SSSR count). The lowest BCUT2D eigenvalue weighted by atomic mass is 10.2. The van der Waals surface area contributed by atoms with Crippen molar-refractivity contribution in [3.8, 4) is 0 Å². The molecule has 0 saturated carbocycles. The molecule has 0 radical (unpaired) electrons. The van der Waals surface area contributed by atoms with Crippen molar-refractivity contribution < 1.29 is 0 Å². The number of rotatable bonds is 6. The number of halogens is 1. The van der Waals surface area contributed by atoms with E-state index >= 15 is 0 Å². The molecule has 1 unspecified atom stereocenters. The Balaban J connectivity index is 2.02. The van der Waals surface area contributed by atoms with Crippen LogP contribution in [-0.2, 0) is 13.5 Å². The summed E-state index contributed by atoms with van der Waals surface area (Å²) in [6, 6.07) is 8.61. The molecule has 0 fully saturated rings. The molecule has 6 heteroatoms. The van der Waals surface area contributed by atoms with Crippen molar-refractivity contribution in [2.24, 2.45) is 12.9 Å². The fourth-order valence-electron chi connectivity index (χ4n) is 2.21. The van der Waals surface area contributed by atoms with Crippen molar-refractivity contribution in [3.63, 3.8) is 0 Å². The Morgan fingerprint density at radius 1 is 1.38 bits per heavy atom. The van der Waals surface area contributed by atoms with Gasteiger partial charge in [-0.25, -0.2) is 0 Å². The van der Waals surface area contributed by atoms with E-state index in [1.807, 2.05) is 30.4 Å². The summed E-state index contributed by atoms with van der Waals surface area (Å²) in [4.78, 5) is 1.30. The Labute approximate surface area is 138 Å². The van der Waals surface area contributed by atoms with Crippen LogP contribution < -0.4 is 11.3 Å². The molecule has 1 aromatic heterocycles. The second-order valence-corrected chi connectivity index (χ2v) is 6.97. The molecule has 4 nitrogen and oxygen atoms in total. The summed E-state index contributed by atoms with van der Waals surface area (Å²) in [5, 5.41) is 4.42. The van der Waals surface area contributed by atoms with E-state index in [9.17, 15) is 0 Å². The molecular weight excluding hydrogens is 348 g/mol. The number of aryl methyl sites for hydroxylation is 3. The molecule has 114 valence electrons. The summed E-state index contributed by atoms with van der Waals surface area (Å²) in [5.41, 5.74) is 6.40. The van der Waals surface area contributed by atoms with Crippen molar-refractivity contribution in [1.82, 2.24) is 15.2 Å². The summed E-state index contributed by atoms with van der Waals surface area (Å²) in [6.45, 7) is 4.13. The van der Waals surface area contributed by atoms with Gasteiger partial charge in [0.15, 0.2) is 0 Å². The number of thioether (sulfide) groups is 1. The Hall–Kier alpha value is -0.820. The summed E-state index contributed by atoms with van der Waals surface area (Å²) in [7, 11) is 1.97. The molecule has 0 aliphatic rings. The quantitative estimate of drug-likeness (QED) is 0.467. The highest BCUT2D eigenvalue weighted by Gasteiger charge is 2.16. The second-order valence-electron chi connectivity index (χ2n) is 5.11. The number of hydrazine groups is 1. The van der Waals surface area contributed by atoms with Crippen molar-refractivity contribution in [2.45, 2.75) is 31.2 Å². The highest BCUT2D eigenvalue weighted by atomic mass is 79.9. The maximum atomic E-state index is 5.72. The van der Waals surface area contributed by atoms with E-state index < -0.39 is 0 Å². The zero-order valence-electron chi connectivity index (χ0n) is 12.6. The summed E-state index contributed by atoms with van der Waals surface area (Å²) >= 11 is 5.44. The first-order chi connectivity index (χ1) is 10.0. The van der Waals surface area contributed by atoms with E-state index in [4.69, 9.17) is 5.84 Å². The Morgan fingerprint density at radius 3 is 2.67 bits per heavy atom. The van der Waals surface area contributed by atoms with Gasteiger partial charge >= 0.3 is 0 Å². The summed E-state index contributed by atoms with van der Waals surface area (Å²) < 4.78 is 2.99. The second kappa shape index (κ2) is 7.45. The van der Waals surface area contributed by atoms with Crippen molar-refractivity contribution in [2.75, 3.05) is 5.75 Å². The van der Waals surface area contributed by atoms with Crippen LogP contribution in [0.4, 0.5) is 0 Å². The van der Waals surface area contributed by atoms with Crippen LogP contribution in [0.3, 0.4) is 0 Å². The van der Waals surface area contributed by atoms with Crippen LogP contribution in [-0.4, -0.2) is 21.6 Å². The summed E-state index contributed by atoms with van der Waals surface area (Å²) in [5.74, 6) is 6.64. The lowest BCUT2D eigenvalue weighted by Crippen LogP contribution is -2.39. The fourth-order valence-corrected chi connectivity index (χ4v) is 3.77. The third-order valence-corrected chi connectivity index (χ3v) is 5.84. The number of hydrogen-bond donors (Lipinski definition) is 2. The molecule has 0 aliphatic heterocycles. The molecule has 0 spiro atoms. The number of hydrogen-bond acceptors (Lipinski definition) is 4. The van der Waals surface area contributed by atoms with Crippen LogP contribution >= 0.6 is 27.7 Å². The van der Waals surface area contributed by atoms with Crippen molar-refractivity contribution in [1.29, 1.82) is 0 Å². The molecule has 0 amide bonds. The number of nitrogens with zero attached hydrogens (tertiary/aromatic N) is 2. The van der Waals surface area contributed by atoms with E-state index in [0.29, 0.717) is 0 Å². The highest BCUT2D eigenvalue weighted by molar-refractivity contribution is 9.10. The SMILES string of the molecule is Cc1ccccc1SCC(Cc1c(Br)c(C)nn1C)NN. The summed E-state index contributed by atoms with van der Waals surface area (Å²) in [6.07, 6.45) is 0.841. The number of nitrogens with two attached hydrogens (primary N) is 1. The largest absolute Gasteiger partial charge is 0.271 e. The molecule has 0 saturated heterocycles. The first-order valence-corrected chi connectivity index (χ1v) is 8.63. The zero-order valence-corrected chi connectivity index (χ0v) is 15.0. The molecule has 0 aliphatic carbocycles. The molecule has 1 atom stereocenters. The minimum absolute atomic E-state index is 0.195. The van der Waals surface area contributed by atoms with Gasteiger partial charge in [-0.05, 0) is 41.4 Å². The third kappa shape index (κ3) is 4.10. The molecule has 1 aromatic carbocycles. The lowest BCUT2D eigenvalue weighted by Gasteiger charge is -2.16. The lowest BCUT2D eigenvalue weighted by molar-refractivity contribution is 0.550. The first kappa shape index (κ1) is 16.5. The molecule has 1 heterocycles. The van der Waals surface area contributed by atoms with Gasteiger partial charge in [-0.2, -0.15) is 5.10 Å². The average Bonchev–Trinajstić information content (AvgIpc) is 2.70. The van der Waals surface area contributed by atoms with E-state index in [1.165, 1.54) is 16.2 Å². The monoisotopic (exact) mass is 368 g/mol. The van der Waals surface area contributed by atoms with Gasteiger partial charge in [-0.15, -0.1) is 11.8 Å². The van der Waals surface area contributed by atoms with Gasteiger partial charge in [0.1, 0.15) is 0 Å². The standard InChI is InChI=1S/C15H21BrN4S/c1-10-6-4-5-7-14(10)21-9-12(18-17)8-13-15(16)11(2)19-20(13)3/h4-7,12,18H,8-9,17H2,1-3H3. The molecule has 21 heavy (non-hydrogen) atoms. The Morgan fingerprint density at radius 2 is 2.10 bits per heavy atom. The Kier molecular flexibility index (Phi) is 5.87. The van der Waals surface area contributed by atoms with Crippen LogP contribution in [0.5, 0.6) is 0 Å². The molecule has 3 N–H and O–H groups in total. The maximum Gasteiger partial charge on any atom is 0.0738 e. The average molecular weight is 369 g/mol. The topological polar surface area (TPSA) is 55.9 Å². The number of aromatic nitrogens is 2. The van der Waals surface area contributed by atoms with Gasteiger partial charge in [0.25, 0.3) is 0 Å². The van der Waals surface area contributed by atoms with Gasteiger partial charge in [0.2, 0.25) is 0 Å².